The first-order chi connectivity index (χ1) is 8.79. The molecule has 1 amide bonds. The quantitative estimate of drug-likeness (QED) is 0.574. The van der Waals surface area contributed by atoms with E-state index in [0.29, 0.717) is 24.4 Å². The highest BCUT2D eigenvalue weighted by atomic mass is 16.5. The zero-order valence-corrected chi connectivity index (χ0v) is 10.4. The number of carbonyl (C=O) groups is 1. The molecule has 18 heavy (non-hydrogen) atoms. The molecule has 1 aromatic rings. The van der Waals surface area contributed by atoms with Crippen LogP contribution in [0.15, 0.2) is 18.3 Å². The first-order valence-electron chi connectivity index (χ1n) is 5.70. The maximum absolute atomic E-state index is 11.9. The summed E-state index contributed by atoms with van der Waals surface area (Å²) in [6, 6.07) is 3.49. The van der Waals surface area contributed by atoms with E-state index in [1.807, 2.05) is 0 Å². The summed E-state index contributed by atoms with van der Waals surface area (Å²) < 4.78 is 4.90. The third kappa shape index (κ3) is 4.53. The van der Waals surface area contributed by atoms with Gasteiger partial charge in [0.2, 0.25) is 0 Å². The highest BCUT2D eigenvalue weighted by molar-refractivity contribution is 5.94. The van der Waals surface area contributed by atoms with Crippen molar-refractivity contribution in [1.82, 2.24) is 10.3 Å². The van der Waals surface area contributed by atoms with E-state index in [1.54, 1.807) is 25.4 Å². The number of aromatic nitrogens is 1. The van der Waals surface area contributed by atoms with Gasteiger partial charge in [0.25, 0.3) is 5.91 Å². The van der Waals surface area contributed by atoms with Crippen molar-refractivity contribution >= 4 is 5.91 Å². The number of amides is 1. The number of nitrogens with two attached hydrogens (primary N) is 1. The van der Waals surface area contributed by atoms with Gasteiger partial charge in [0, 0.05) is 26.5 Å². The maximum Gasteiger partial charge on any atom is 0.271 e. The molecule has 1 heterocycles. The highest BCUT2D eigenvalue weighted by Crippen LogP contribution is 2.03. The number of hydrogen-bond acceptors (Lipinski definition) is 4. The Balaban J connectivity index is 2.67. The molecule has 5 nitrogen and oxygen atoms in total. The van der Waals surface area contributed by atoms with E-state index in [4.69, 9.17) is 10.5 Å². The van der Waals surface area contributed by atoms with Crippen LogP contribution in [-0.4, -0.2) is 37.7 Å². The smallest absolute Gasteiger partial charge is 0.271 e. The van der Waals surface area contributed by atoms with E-state index in [0.717, 1.165) is 6.42 Å². The zero-order chi connectivity index (χ0) is 13.2. The topological polar surface area (TPSA) is 77.2 Å². The SMILES string of the molecule is COCCCNC(=O)c1ncccc1C#CCN. The minimum atomic E-state index is -0.229. The Labute approximate surface area is 107 Å². The van der Waals surface area contributed by atoms with Crippen LogP contribution < -0.4 is 11.1 Å². The van der Waals surface area contributed by atoms with Crippen LogP contribution in [0.4, 0.5) is 0 Å². The van der Waals surface area contributed by atoms with E-state index in [9.17, 15) is 4.79 Å². The van der Waals surface area contributed by atoms with Crippen molar-refractivity contribution in [1.29, 1.82) is 0 Å². The summed E-state index contributed by atoms with van der Waals surface area (Å²) in [5.74, 6) is 5.32. The lowest BCUT2D eigenvalue weighted by molar-refractivity contribution is 0.0943. The standard InChI is InChI=1S/C13H17N3O2/c1-18-10-4-9-16-13(17)12-11(5-2-7-14)6-3-8-15-12/h3,6,8H,4,7,9-10,14H2,1H3,(H,16,17). The van der Waals surface area contributed by atoms with Crippen molar-refractivity contribution in [3.8, 4) is 11.8 Å². The molecule has 0 saturated heterocycles. The van der Waals surface area contributed by atoms with Gasteiger partial charge in [-0.05, 0) is 18.6 Å². The Bertz CT molecular complexity index is 449. The van der Waals surface area contributed by atoms with Gasteiger partial charge in [-0.1, -0.05) is 11.8 Å². The fourth-order valence-corrected chi connectivity index (χ4v) is 1.34. The van der Waals surface area contributed by atoms with E-state index in [-0.39, 0.29) is 12.5 Å². The second kappa shape index (κ2) is 8.23. The van der Waals surface area contributed by atoms with E-state index >= 15 is 0 Å². The summed E-state index contributed by atoms with van der Waals surface area (Å²) in [6.45, 7) is 1.42. The van der Waals surface area contributed by atoms with Crippen LogP contribution in [0.1, 0.15) is 22.5 Å². The predicted molar refractivity (Wildman–Crippen MR) is 69.0 cm³/mol. The molecule has 0 aliphatic carbocycles. The van der Waals surface area contributed by atoms with Crippen LogP contribution in [0, 0.1) is 11.8 Å². The third-order valence-electron chi connectivity index (χ3n) is 2.16. The molecule has 0 saturated carbocycles. The maximum atomic E-state index is 11.9. The van der Waals surface area contributed by atoms with Crippen molar-refractivity contribution in [3.05, 3.63) is 29.6 Å². The summed E-state index contributed by atoms with van der Waals surface area (Å²) >= 11 is 0. The van der Waals surface area contributed by atoms with Gasteiger partial charge in [0.05, 0.1) is 12.1 Å². The molecule has 3 N–H and O–H groups in total. The van der Waals surface area contributed by atoms with Gasteiger partial charge >= 0.3 is 0 Å². The van der Waals surface area contributed by atoms with Crippen LogP contribution in [0.25, 0.3) is 0 Å². The lowest BCUT2D eigenvalue weighted by Crippen LogP contribution is -2.26. The summed E-state index contributed by atoms with van der Waals surface area (Å²) in [5, 5.41) is 2.77. The van der Waals surface area contributed by atoms with Crippen LogP contribution in [0.3, 0.4) is 0 Å². The van der Waals surface area contributed by atoms with Crippen molar-refractivity contribution < 1.29 is 9.53 Å². The summed E-state index contributed by atoms with van der Waals surface area (Å²) in [5.41, 5.74) is 6.23. The number of ether oxygens (including phenoxy) is 1. The van der Waals surface area contributed by atoms with Gasteiger partial charge < -0.3 is 15.8 Å². The van der Waals surface area contributed by atoms with Crippen LogP contribution >= 0.6 is 0 Å². The molecule has 0 bridgehead atoms. The summed E-state index contributed by atoms with van der Waals surface area (Å²) in [4.78, 5) is 15.9. The normalized spacial score (nSPS) is 9.44. The molecular weight excluding hydrogens is 230 g/mol. The number of carbonyl (C=O) groups excluding carboxylic acids is 1. The molecule has 0 aromatic carbocycles. The van der Waals surface area contributed by atoms with Gasteiger partial charge in [0.15, 0.2) is 0 Å². The van der Waals surface area contributed by atoms with Crippen molar-refractivity contribution in [3.63, 3.8) is 0 Å². The predicted octanol–water partition coefficient (Wildman–Crippen LogP) is 0.158. The Hall–Kier alpha value is -1.90. The van der Waals surface area contributed by atoms with Crippen molar-refractivity contribution in [2.75, 3.05) is 26.8 Å². The van der Waals surface area contributed by atoms with Crippen LogP contribution in [0.5, 0.6) is 0 Å². The number of pyridine rings is 1. The van der Waals surface area contributed by atoms with Gasteiger partial charge in [-0.2, -0.15) is 0 Å². The third-order valence-corrected chi connectivity index (χ3v) is 2.16. The van der Waals surface area contributed by atoms with Crippen LogP contribution in [-0.2, 0) is 4.74 Å². The minimum absolute atomic E-state index is 0.229. The van der Waals surface area contributed by atoms with Crippen molar-refractivity contribution in [2.45, 2.75) is 6.42 Å². The van der Waals surface area contributed by atoms with Gasteiger partial charge in [-0.3, -0.25) is 4.79 Å². The van der Waals surface area contributed by atoms with Gasteiger partial charge in [-0.15, -0.1) is 0 Å². The first kappa shape index (κ1) is 14.2. The molecule has 96 valence electrons. The molecule has 0 fully saturated rings. The molecule has 0 spiro atoms. The average molecular weight is 247 g/mol. The second-order valence-electron chi connectivity index (χ2n) is 3.51. The molecule has 0 radical (unpaired) electrons. The first-order valence-corrected chi connectivity index (χ1v) is 5.70. The Morgan fingerprint density at radius 2 is 2.44 bits per heavy atom. The molecule has 0 aliphatic heterocycles. The fraction of sp³-hybridized carbons (Fsp3) is 0.385. The van der Waals surface area contributed by atoms with Crippen molar-refractivity contribution in [2.24, 2.45) is 5.73 Å². The molecule has 0 unspecified atom stereocenters. The van der Waals surface area contributed by atoms with E-state index in [2.05, 4.69) is 22.1 Å². The number of nitrogens with zero attached hydrogens (tertiary/aromatic N) is 1. The summed E-state index contributed by atoms with van der Waals surface area (Å²) in [7, 11) is 1.63. The molecular formula is C13H17N3O2. The number of methoxy groups -OCH3 is 1. The number of rotatable bonds is 5. The Morgan fingerprint density at radius 1 is 1.61 bits per heavy atom. The highest BCUT2D eigenvalue weighted by Gasteiger charge is 2.10. The van der Waals surface area contributed by atoms with E-state index < -0.39 is 0 Å². The largest absolute Gasteiger partial charge is 0.385 e. The monoisotopic (exact) mass is 247 g/mol. The van der Waals surface area contributed by atoms with Crippen LogP contribution in [0.2, 0.25) is 0 Å². The lowest BCUT2D eigenvalue weighted by atomic mass is 10.2. The fourth-order valence-electron chi connectivity index (χ4n) is 1.34. The molecule has 0 aliphatic rings. The van der Waals surface area contributed by atoms with Gasteiger partial charge in [0.1, 0.15) is 5.69 Å². The zero-order valence-electron chi connectivity index (χ0n) is 10.4. The molecule has 5 heteroatoms. The number of nitrogens with one attached hydrogen (secondary N) is 1. The summed E-state index contributed by atoms with van der Waals surface area (Å²) in [6.07, 6.45) is 2.33. The van der Waals surface area contributed by atoms with E-state index in [1.165, 1.54) is 0 Å². The molecule has 1 aromatic heterocycles. The second-order valence-corrected chi connectivity index (χ2v) is 3.51. The Kier molecular flexibility index (Phi) is 6.47. The molecule has 1 rings (SSSR count). The average Bonchev–Trinajstić information content (AvgIpc) is 2.41. The molecule has 0 atom stereocenters. The number of hydrogen-bond donors (Lipinski definition) is 2. The Morgan fingerprint density at radius 3 is 3.17 bits per heavy atom. The lowest BCUT2D eigenvalue weighted by Gasteiger charge is -2.05. The van der Waals surface area contributed by atoms with Gasteiger partial charge in [-0.25, -0.2) is 4.98 Å². The minimum Gasteiger partial charge on any atom is -0.385 e.